The number of nitrogens with one attached hydrogen (secondary N) is 2. The SMILES string of the molecule is CN1N=C2CCN(C(=O)[C@@H](COCc3ccccc3)NC(=O)C(C)(C)NC(=O)OC(C)(C)C)C[C@]2(Cc2cscn2)C1=O. The lowest BCUT2D eigenvalue weighted by Gasteiger charge is -2.40. The van der Waals surface area contributed by atoms with E-state index in [0.29, 0.717) is 19.4 Å². The molecule has 0 saturated carbocycles. The standard InChI is InChI=1S/C30H40N6O6S/c1-28(2,3)42-27(40)33-29(4,5)25(38)32-22(16-41-15-20-10-8-7-9-11-20)24(37)36-13-12-23-30(18-36,26(39)35(6)34-23)14-21-17-43-19-31-21/h7-11,17,19,22H,12-16,18H2,1-6H3,(H,32,38)(H,33,40)/t22-,30+/m1/s1. The minimum absolute atomic E-state index is 0.0932. The van der Waals surface area contributed by atoms with E-state index in [4.69, 9.17) is 9.47 Å². The summed E-state index contributed by atoms with van der Waals surface area (Å²) in [6, 6.07) is 8.39. The second kappa shape index (κ2) is 12.8. The maximum Gasteiger partial charge on any atom is 0.408 e. The molecule has 0 spiro atoms. The number of aromatic nitrogens is 1. The molecule has 4 amide bonds. The van der Waals surface area contributed by atoms with Gasteiger partial charge in [-0.1, -0.05) is 30.3 Å². The molecule has 13 heteroatoms. The summed E-state index contributed by atoms with van der Waals surface area (Å²) in [5.74, 6) is -1.18. The number of hydrogen-bond acceptors (Lipinski definition) is 9. The topological polar surface area (TPSA) is 143 Å². The maximum absolute atomic E-state index is 14.1. The molecule has 1 saturated heterocycles. The Labute approximate surface area is 255 Å². The van der Waals surface area contributed by atoms with Crippen LogP contribution in [0.5, 0.6) is 0 Å². The molecule has 232 valence electrons. The van der Waals surface area contributed by atoms with Gasteiger partial charge in [-0.05, 0) is 40.2 Å². The third-order valence-electron chi connectivity index (χ3n) is 7.26. The molecule has 0 bridgehead atoms. The maximum atomic E-state index is 14.1. The number of amides is 4. The number of carbonyl (C=O) groups is 4. The summed E-state index contributed by atoms with van der Waals surface area (Å²) in [5, 5.41) is 13.1. The van der Waals surface area contributed by atoms with Crippen LogP contribution in [-0.2, 0) is 36.9 Å². The smallest absolute Gasteiger partial charge is 0.408 e. The van der Waals surface area contributed by atoms with Crippen molar-refractivity contribution in [3.63, 3.8) is 0 Å². The summed E-state index contributed by atoms with van der Waals surface area (Å²) < 4.78 is 11.2. The molecule has 3 heterocycles. The van der Waals surface area contributed by atoms with Gasteiger partial charge in [0.05, 0.1) is 30.1 Å². The number of nitrogens with zero attached hydrogens (tertiary/aromatic N) is 4. The van der Waals surface area contributed by atoms with Crippen molar-refractivity contribution in [1.29, 1.82) is 0 Å². The highest BCUT2D eigenvalue weighted by Gasteiger charge is 2.54. The van der Waals surface area contributed by atoms with E-state index in [1.165, 1.54) is 30.2 Å². The minimum atomic E-state index is -1.40. The first-order chi connectivity index (χ1) is 20.2. The number of benzene rings is 1. The van der Waals surface area contributed by atoms with Crippen LogP contribution in [-0.4, -0.2) is 88.3 Å². The van der Waals surface area contributed by atoms with Gasteiger partial charge in [0, 0.05) is 38.4 Å². The molecule has 2 aromatic rings. The molecule has 12 nitrogen and oxygen atoms in total. The van der Waals surface area contributed by atoms with E-state index >= 15 is 0 Å². The molecule has 0 aliphatic carbocycles. The van der Waals surface area contributed by atoms with Crippen LogP contribution in [0, 0.1) is 5.41 Å². The molecular formula is C30H40N6O6S. The van der Waals surface area contributed by atoms with E-state index in [0.717, 1.165) is 17.0 Å². The van der Waals surface area contributed by atoms with Crippen LogP contribution >= 0.6 is 11.3 Å². The van der Waals surface area contributed by atoms with Crippen molar-refractivity contribution < 1.29 is 28.7 Å². The number of piperidine rings is 1. The average molecular weight is 613 g/mol. The number of thiazole rings is 1. The van der Waals surface area contributed by atoms with Gasteiger partial charge in [-0.2, -0.15) is 5.10 Å². The fourth-order valence-electron chi connectivity index (χ4n) is 5.12. The van der Waals surface area contributed by atoms with Crippen molar-refractivity contribution in [3.8, 4) is 0 Å². The Hall–Kier alpha value is -3.84. The molecule has 0 radical (unpaired) electrons. The number of alkyl carbamates (subject to hydrolysis) is 1. The van der Waals surface area contributed by atoms with E-state index in [1.54, 1.807) is 38.2 Å². The Morgan fingerprint density at radius 2 is 1.86 bits per heavy atom. The summed E-state index contributed by atoms with van der Waals surface area (Å²) in [6.45, 7) is 8.75. The lowest BCUT2D eigenvalue weighted by atomic mass is 9.74. The van der Waals surface area contributed by atoms with Gasteiger partial charge in [-0.25, -0.2) is 14.8 Å². The molecule has 43 heavy (non-hydrogen) atoms. The van der Waals surface area contributed by atoms with Gasteiger partial charge in [0.15, 0.2) is 0 Å². The summed E-state index contributed by atoms with van der Waals surface area (Å²) in [7, 11) is 1.61. The summed E-state index contributed by atoms with van der Waals surface area (Å²) in [6.07, 6.45) is -0.0358. The van der Waals surface area contributed by atoms with Gasteiger partial charge >= 0.3 is 6.09 Å². The van der Waals surface area contributed by atoms with E-state index < -0.39 is 40.5 Å². The third-order valence-corrected chi connectivity index (χ3v) is 7.90. The van der Waals surface area contributed by atoms with Gasteiger partial charge in [-0.3, -0.25) is 14.4 Å². The van der Waals surface area contributed by atoms with Crippen LogP contribution in [0.1, 0.15) is 52.3 Å². The molecule has 2 N–H and O–H groups in total. The first-order valence-electron chi connectivity index (χ1n) is 14.2. The van der Waals surface area contributed by atoms with Gasteiger partial charge in [0.25, 0.3) is 5.91 Å². The number of fused-ring (bicyclic) bond motifs is 1. The quantitative estimate of drug-likeness (QED) is 0.420. The first kappa shape index (κ1) is 32.1. The number of rotatable bonds is 10. The van der Waals surface area contributed by atoms with Crippen LogP contribution < -0.4 is 10.6 Å². The van der Waals surface area contributed by atoms with Crippen molar-refractivity contribution in [2.45, 2.75) is 71.2 Å². The number of hydrazone groups is 1. The Morgan fingerprint density at radius 3 is 2.51 bits per heavy atom. The van der Waals surface area contributed by atoms with Crippen molar-refractivity contribution >= 4 is 40.9 Å². The van der Waals surface area contributed by atoms with Gasteiger partial charge in [-0.15, -0.1) is 11.3 Å². The number of carbonyl (C=O) groups excluding carboxylic acids is 4. The summed E-state index contributed by atoms with van der Waals surface area (Å²) >= 11 is 1.44. The largest absolute Gasteiger partial charge is 0.444 e. The molecule has 2 atom stereocenters. The minimum Gasteiger partial charge on any atom is -0.444 e. The van der Waals surface area contributed by atoms with Crippen molar-refractivity contribution in [2.24, 2.45) is 10.5 Å². The number of ether oxygens (including phenoxy) is 2. The normalized spacial score (nSPS) is 19.4. The van der Waals surface area contributed by atoms with Gasteiger partial charge in [0.2, 0.25) is 11.8 Å². The predicted molar refractivity (Wildman–Crippen MR) is 161 cm³/mol. The van der Waals surface area contributed by atoms with E-state index in [9.17, 15) is 19.2 Å². The highest BCUT2D eigenvalue weighted by Crippen LogP contribution is 2.38. The molecule has 2 aliphatic heterocycles. The van der Waals surface area contributed by atoms with E-state index in [2.05, 4.69) is 20.7 Å². The molecule has 1 aromatic carbocycles. The first-order valence-corrected chi connectivity index (χ1v) is 15.1. The van der Waals surface area contributed by atoms with Gasteiger partial charge in [0.1, 0.15) is 22.6 Å². The van der Waals surface area contributed by atoms with E-state index in [-0.39, 0.29) is 25.7 Å². The number of hydrogen-bond donors (Lipinski definition) is 2. The molecule has 1 fully saturated rings. The Kier molecular flexibility index (Phi) is 9.55. The molecular weight excluding hydrogens is 572 g/mol. The van der Waals surface area contributed by atoms with Gasteiger partial charge < -0.3 is 25.0 Å². The third kappa shape index (κ3) is 7.77. The summed E-state index contributed by atoms with van der Waals surface area (Å²) in [5.41, 5.74) is 0.901. The second-order valence-corrected chi connectivity index (χ2v) is 13.1. The van der Waals surface area contributed by atoms with Crippen LogP contribution in [0.3, 0.4) is 0 Å². The molecule has 0 unspecified atom stereocenters. The summed E-state index contributed by atoms with van der Waals surface area (Å²) in [4.78, 5) is 59.4. The lowest BCUT2D eigenvalue weighted by molar-refractivity contribution is -0.144. The number of likely N-dealkylation sites (tertiary alicyclic amines) is 1. The van der Waals surface area contributed by atoms with Crippen LogP contribution in [0.4, 0.5) is 4.79 Å². The average Bonchev–Trinajstić information content (AvgIpc) is 3.52. The fourth-order valence-corrected chi connectivity index (χ4v) is 5.68. The van der Waals surface area contributed by atoms with Crippen LogP contribution in [0.25, 0.3) is 0 Å². The van der Waals surface area contributed by atoms with Crippen molar-refractivity contribution in [3.05, 3.63) is 52.5 Å². The fraction of sp³-hybridized carbons (Fsp3) is 0.533. The molecule has 4 rings (SSSR count). The second-order valence-electron chi connectivity index (χ2n) is 12.4. The zero-order chi connectivity index (χ0) is 31.4. The van der Waals surface area contributed by atoms with Crippen molar-refractivity contribution in [1.82, 2.24) is 25.5 Å². The zero-order valence-corrected chi connectivity index (χ0v) is 26.3. The predicted octanol–water partition coefficient (Wildman–Crippen LogP) is 2.74. The molecule has 1 aromatic heterocycles. The highest BCUT2D eigenvalue weighted by atomic mass is 32.1. The monoisotopic (exact) mass is 612 g/mol. The Bertz CT molecular complexity index is 1360. The Morgan fingerprint density at radius 1 is 1.14 bits per heavy atom. The highest BCUT2D eigenvalue weighted by molar-refractivity contribution is 7.07. The van der Waals surface area contributed by atoms with Crippen LogP contribution in [0.15, 0.2) is 46.3 Å². The lowest BCUT2D eigenvalue weighted by Crippen LogP contribution is -2.63. The van der Waals surface area contributed by atoms with Crippen LogP contribution in [0.2, 0.25) is 0 Å². The Balaban J connectivity index is 1.53. The molecule has 2 aliphatic rings. The van der Waals surface area contributed by atoms with Crippen molar-refractivity contribution in [2.75, 3.05) is 26.7 Å². The zero-order valence-electron chi connectivity index (χ0n) is 25.5. The van der Waals surface area contributed by atoms with E-state index in [1.807, 2.05) is 35.7 Å².